The number of carbonyl (C=O) groups excluding carboxylic acids is 2. The third kappa shape index (κ3) is 6.39. The van der Waals surface area contributed by atoms with Gasteiger partial charge in [-0.25, -0.2) is 0 Å². The van der Waals surface area contributed by atoms with Crippen molar-refractivity contribution in [1.29, 1.82) is 0 Å². The summed E-state index contributed by atoms with van der Waals surface area (Å²) in [6.07, 6.45) is 0.204. The van der Waals surface area contributed by atoms with Gasteiger partial charge < -0.3 is 15.4 Å². The van der Waals surface area contributed by atoms with Crippen LogP contribution in [0.3, 0.4) is 0 Å². The Bertz CT molecular complexity index is 733. The molecule has 0 aliphatic heterocycles. The molecule has 0 atom stereocenters. The summed E-state index contributed by atoms with van der Waals surface area (Å²) in [6.45, 7) is -1.03. The Morgan fingerprint density at radius 1 is 1.21 bits per heavy atom. The number of ether oxygens (including phenoxy) is 1. The number of halogens is 3. The van der Waals surface area contributed by atoms with Crippen molar-refractivity contribution >= 4 is 23.3 Å². The van der Waals surface area contributed by atoms with Crippen LogP contribution >= 0.6 is 0 Å². The molecule has 1 aromatic rings. The van der Waals surface area contributed by atoms with Crippen molar-refractivity contribution in [3.8, 4) is 0 Å². The minimum atomic E-state index is -4.73. The van der Waals surface area contributed by atoms with Crippen molar-refractivity contribution in [2.75, 3.05) is 18.5 Å². The molecule has 0 saturated heterocycles. The van der Waals surface area contributed by atoms with E-state index in [0.29, 0.717) is 12.1 Å². The van der Waals surface area contributed by atoms with E-state index in [1.807, 2.05) is 0 Å². The molecule has 0 aromatic heterocycles. The second-order valence-electron chi connectivity index (χ2n) is 6.40. The molecule has 11 heteroatoms. The summed E-state index contributed by atoms with van der Waals surface area (Å²) >= 11 is 0. The normalized spacial score (nSPS) is 15.0. The highest BCUT2D eigenvalue weighted by molar-refractivity contribution is 5.82. The number of amides is 1. The highest BCUT2D eigenvalue weighted by Crippen LogP contribution is 2.34. The lowest BCUT2D eigenvalue weighted by Gasteiger charge is -2.22. The summed E-state index contributed by atoms with van der Waals surface area (Å²) in [5.74, 6) is -1.31. The van der Waals surface area contributed by atoms with Gasteiger partial charge in [-0.2, -0.15) is 13.2 Å². The van der Waals surface area contributed by atoms with Crippen LogP contribution in [0.5, 0.6) is 0 Å². The molecular formula is C17H20F3N3O5. The van der Waals surface area contributed by atoms with Gasteiger partial charge in [0.15, 0.2) is 6.61 Å². The summed E-state index contributed by atoms with van der Waals surface area (Å²) in [5.41, 5.74) is -2.26. The number of alkyl halides is 3. The standard InChI is InChI=1S/C17H20F3N3O5/c18-17(19,20)11-6-7-13(14(8-11)23(26)27)21-9-16(25)28-10-15(24)22-12-4-2-1-3-5-12/h6-8,12,21H,1-5,9-10H2,(H,22,24). The van der Waals surface area contributed by atoms with Crippen LogP contribution in [0.15, 0.2) is 18.2 Å². The summed E-state index contributed by atoms with van der Waals surface area (Å²) in [4.78, 5) is 33.5. The van der Waals surface area contributed by atoms with Crippen LogP contribution < -0.4 is 10.6 Å². The fourth-order valence-electron chi connectivity index (χ4n) is 2.89. The van der Waals surface area contributed by atoms with Crippen LogP contribution in [-0.4, -0.2) is 36.0 Å². The molecule has 1 amide bonds. The first-order valence-corrected chi connectivity index (χ1v) is 8.71. The van der Waals surface area contributed by atoms with Crippen LogP contribution in [-0.2, 0) is 20.5 Å². The zero-order valence-electron chi connectivity index (χ0n) is 14.9. The number of esters is 1. The van der Waals surface area contributed by atoms with Gasteiger partial charge >= 0.3 is 12.1 Å². The molecule has 154 valence electrons. The number of anilines is 1. The van der Waals surface area contributed by atoms with Gasteiger partial charge in [0.25, 0.3) is 11.6 Å². The number of rotatable bonds is 7. The average Bonchev–Trinajstić information content (AvgIpc) is 2.64. The Morgan fingerprint density at radius 2 is 1.89 bits per heavy atom. The number of nitro benzene ring substituents is 1. The van der Waals surface area contributed by atoms with Crippen molar-refractivity contribution in [3.63, 3.8) is 0 Å². The van der Waals surface area contributed by atoms with Crippen LogP contribution in [0.2, 0.25) is 0 Å². The molecule has 2 rings (SSSR count). The first kappa shape index (κ1) is 21.5. The molecule has 1 aromatic carbocycles. The number of hydrogen-bond acceptors (Lipinski definition) is 6. The van der Waals surface area contributed by atoms with Crippen LogP contribution in [0.4, 0.5) is 24.5 Å². The van der Waals surface area contributed by atoms with E-state index in [1.54, 1.807) is 0 Å². The zero-order valence-corrected chi connectivity index (χ0v) is 14.9. The van der Waals surface area contributed by atoms with E-state index in [2.05, 4.69) is 10.6 Å². The molecule has 0 spiro atoms. The molecule has 0 radical (unpaired) electrons. The zero-order chi connectivity index (χ0) is 20.7. The summed E-state index contributed by atoms with van der Waals surface area (Å²) < 4.78 is 42.8. The molecule has 0 unspecified atom stereocenters. The average molecular weight is 403 g/mol. The van der Waals surface area contributed by atoms with Crippen LogP contribution in [0, 0.1) is 10.1 Å². The predicted octanol–water partition coefficient (Wildman–Crippen LogP) is 3.02. The van der Waals surface area contributed by atoms with E-state index in [1.165, 1.54) is 0 Å². The minimum absolute atomic E-state index is 0.0628. The Morgan fingerprint density at radius 3 is 2.50 bits per heavy atom. The van der Waals surface area contributed by atoms with E-state index >= 15 is 0 Å². The van der Waals surface area contributed by atoms with Crippen molar-refractivity contribution in [3.05, 3.63) is 33.9 Å². The largest absolute Gasteiger partial charge is 0.454 e. The maximum Gasteiger partial charge on any atom is 0.416 e. The lowest BCUT2D eigenvalue weighted by molar-refractivity contribution is -0.384. The van der Waals surface area contributed by atoms with Gasteiger partial charge in [0.05, 0.1) is 10.5 Å². The smallest absolute Gasteiger partial charge is 0.416 e. The van der Waals surface area contributed by atoms with Crippen molar-refractivity contribution < 1.29 is 32.4 Å². The highest BCUT2D eigenvalue weighted by atomic mass is 19.4. The molecule has 1 saturated carbocycles. The monoisotopic (exact) mass is 403 g/mol. The van der Waals surface area contributed by atoms with Gasteiger partial charge in [-0.05, 0) is 25.0 Å². The van der Waals surface area contributed by atoms with Gasteiger partial charge in [0, 0.05) is 12.1 Å². The fraction of sp³-hybridized carbons (Fsp3) is 0.529. The molecule has 1 fully saturated rings. The number of hydrogen-bond donors (Lipinski definition) is 2. The first-order valence-electron chi connectivity index (χ1n) is 8.71. The minimum Gasteiger partial charge on any atom is -0.454 e. The maximum absolute atomic E-state index is 12.7. The van der Waals surface area contributed by atoms with Gasteiger partial charge in [-0.3, -0.25) is 19.7 Å². The van der Waals surface area contributed by atoms with E-state index in [0.717, 1.165) is 38.2 Å². The molecule has 1 aliphatic carbocycles. The van der Waals surface area contributed by atoms with Crippen LogP contribution in [0.25, 0.3) is 0 Å². The maximum atomic E-state index is 12.7. The summed E-state index contributed by atoms with van der Waals surface area (Å²) in [6, 6.07) is 1.97. The molecule has 28 heavy (non-hydrogen) atoms. The molecule has 0 heterocycles. The molecule has 2 N–H and O–H groups in total. The fourth-order valence-corrected chi connectivity index (χ4v) is 2.89. The van der Waals surface area contributed by atoms with Crippen LogP contribution in [0.1, 0.15) is 37.7 Å². The number of nitrogens with one attached hydrogen (secondary N) is 2. The highest BCUT2D eigenvalue weighted by Gasteiger charge is 2.33. The van der Waals surface area contributed by atoms with E-state index < -0.39 is 47.4 Å². The third-order valence-corrected chi connectivity index (χ3v) is 4.28. The quantitative estimate of drug-likeness (QED) is 0.411. The Balaban J connectivity index is 1.84. The molecule has 1 aliphatic rings. The Hall–Kier alpha value is -2.85. The molecule has 0 bridgehead atoms. The van der Waals surface area contributed by atoms with E-state index in [4.69, 9.17) is 4.74 Å². The second kappa shape index (κ2) is 9.38. The topological polar surface area (TPSA) is 111 Å². The van der Waals surface area contributed by atoms with Gasteiger partial charge in [-0.1, -0.05) is 19.3 Å². The number of carbonyl (C=O) groups is 2. The summed E-state index contributed by atoms with van der Waals surface area (Å²) in [5, 5.41) is 16.1. The van der Waals surface area contributed by atoms with Gasteiger partial charge in [-0.15, -0.1) is 0 Å². The number of benzene rings is 1. The Kier molecular flexibility index (Phi) is 7.18. The molecule has 8 nitrogen and oxygen atoms in total. The predicted molar refractivity (Wildman–Crippen MR) is 92.6 cm³/mol. The number of nitro groups is 1. The number of nitrogens with zero attached hydrogens (tertiary/aromatic N) is 1. The van der Waals surface area contributed by atoms with Crippen molar-refractivity contribution in [1.82, 2.24) is 5.32 Å². The van der Waals surface area contributed by atoms with E-state index in [-0.39, 0.29) is 11.7 Å². The summed E-state index contributed by atoms with van der Waals surface area (Å²) in [7, 11) is 0. The SMILES string of the molecule is O=C(COC(=O)CNc1ccc(C(F)(F)F)cc1[N+](=O)[O-])NC1CCCCC1. The Labute approximate surface area is 158 Å². The van der Waals surface area contributed by atoms with Crippen molar-refractivity contribution in [2.24, 2.45) is 0 Å². The van der Waals surface area contributed by atoms with Crippen molar-refractivity contribution in [2.45, 2.75) is 44.3 Å². The lowest BCUT2D eigenvalue weighted by atomic mass is 9.95. The lowest BCUT2D eigenvalue weighted by Crippen LogP contribution is -2.39. The third-order valence-electron chi connectivity index (χ3n) is 4.28. The van der Waals surface area contributed by atoms with Gasteiger partial charge in [0.1, 0.15) is 12.2 Å². The first-order chi connectivity index (χ1) is 13.2. The van der Waals surface area contributed by atoms with Gasteiger partial charge in [0.2, 0.25) is 0 Å². The second-order valence-corrected chi connectivity index (χ2v) is 6.40. The van der Waals surface area contributed by atoms with E-state index in [9.17, 15) is 32.9 Å². The molecular weight excluding hydrogens is 383 g/mol.